The molecule has 0 saturated carbocycles. The Hall–Kier alpha value is -0.190. The molecule has 1 atom stereocenters. The van der Waals surface area contributed by atoms with Crippen LogP contribution >= 0.6 is 27.7 Å². The number of rotatable bonds is 3. The first-order valence-electron chi connectivity index (χ1n) is 5.47. The zero-order valence-corrected chi connectivity index (χ0v) is 11.8. The number of nitrogens with one attached hydrogen (secondary N) is 1. The van der Waals surface area contributed by atoms with Gasteiger partial charge >= 0.3 is 0 Å². The van der Waals surface area contributed by atoms with E-state index < -0.39 is 0 Å². The lowest BCUT2D eigenvalue weighted by Gasteiger charge is -2.29. The first-order chi connectivity index (χ1) is 7.63. The Morgan fingerprint density at radius 1 is 1.50 bits per heavy atom. The van der Waals surface area contributed by atoms with Gasteiger partial charge in [0.05, 0.1) is 5.54 Å². The largest absolute Gasteiger partial charge is 0.377 e. The summed E-state index contributed by atoms with van der Waals surface area (Å²) in [6.45, 7) is 2.81. The van der Waals surface area contributed by atoms with Crippen molar-refractivity contribution in [3.63, 3.8) is 0 Å². The van der Waals surface area contributed by atoms with Gasteiger partial charge in [-0.2, -0.15) is 11.8 Å². The Labute approximate surface area is 109 Å². The molecule has 1 unspecified atom stereocenters. The molecule has 1 aromatic rings. The van der Waals surface area contributed by atoms with Gasteiger partial charge in [-0.25, -0.2) is 0 Å². The van der Waals surface area contributed by atoms with Gasteiger partial charge in [-0.1, -0.05) is 15.9 Å². The van der Waals surface area contributed by atoms with Crippen molar-refractivity contribution in [1.82, 2.24) is 0 Å². The van der Waals surface area contributed by atoms with Crippen LogP contribution in [0.25, 0.3) is 0 Å². The Morgan fingerprint density at radius 3 is 2.88 bits per heavy atom. The van der Waals surface area contributed by atoms with Crippen molar-refractivity contribution in [3.05, 3.63) is 28.2 Å². The fourth-order valence-electron chi connectivity index (χ4n) is 2.03. The Bertz CT molecular complexity index is 355. The van der Waals surface area contributed by atoms with E-state index in [1.54, 1.807) is 0 Å². The first-order valence-corrected chi connectivity index (χ1v) is 7.41. The van der Waals surface area contributed by atoms with E-state index in [1.807, 2.05) is 11.8 Å². The van der Waals surface area contributed by atoms with Crippen LogP contribution in [0.3, 0.4) is 0 Å². The Balaban J connectivity index is 2.18. The van der Waals surface area contributed by atoms with Crippen LogP contribution < -0.4 is 11.1 Å². The van der Waals surface area contributed by atoms with E-state index in [1.165, 1.54) is 17.0 Å². The molecule has 0 spiro atoms. The van der Waals surface area contributed by atoms with Gasteiger partial charge in [0.1, 0.15) is 0 Å². The van der Waals surface area contributed by atoms with Crippen molar-refractivity contribution in [3.8, 4) is 0 Å². The van der Waals surface area contributed by atoms with E-state index in [9.17, 15) is 0 Å². The highest BCUT2D eigenvalue weighted by atomic mass is 79.9. The van der Waals surface area contributed by atoms with Crippen LogP contribution in [0.4, 0.5) is 5.69 Å². The lowest BCUT2D eigenvalue weighted by molar-refractivity contribution is 0.537. The maximum Gasteiger partial charge on any atom is 0.0593 e. The molecule has 1 aliphatic heterocycles. The van der Waals surface area contributed by atoms with Crippen LogP contribution in [0.1, 0.15) is 12.0 Å². The van der Waals surface area contributed by atoms with Crippen LogP contribution in [0.5, 0.6) is 0 Å². The third-order valence-corrected chi connectivity index (χ3v) is 4.65. The van der Waals surface area contributed by atoms with Crippen molar-refractivity contribution < 1.29 is 0 Å². The summed E-state index contributed by atoms with van der Waals surface area (Å²) in [6, 6.07) is 6.41. The van der Waals surface area contributed by atoms with Crippen LogP contribution in [-0.4, -0.2) is 23.6 Å². The summed E-state index contributed by atoms with van der Waals surface area (Å²) < 4.78 is 1.12. The number of halogens is 1. The molecule has 2 nitrogen and oxygen atoms in total. The number of aryl methyl sites for hydroxylation is 1. The molecule has 3 N–H and O–H groups in total. The molecule has 1 fully saturated rings. The molecule has 2 rings (SSSR count). The van der Waals surface area contributed by atoms with E-state index in [-0.39, 0.29) is 5.54 Å². The zero-order chi connectivity index (χ0) is 11.6. The van der Waals surface area contributed by atoms with E-state index in [0.29, 0.717) is 6.54 Å². The minimum absolute atomic E-state index is 0.0951. The molecule has 0 aliphatic carbocycles. The van der Waals surface area contributed by atoms with Gasteiger partial charge in [-0.05, 0) is 42.9 Å². The van der Waals surface area contributed by atoms with Gasteiger partial charge in [0.2, 0.25) is 0 Å². The molecule has 88 valence electrons. The van der Waals surface area contributed by atoms with Crippen LogP contribution in [-0.2, 0) is 0 Å². The highest BCUT2D eigenvalue weighted by molar-refractivity contribution is 9.10. The molecule has 0 amide bonds. The van der Waals surface area contributed by atoms with Crippen molar-refractivity contribution in [2.24, 2.45) is 5.73 Å². The number of hydrogen-bond acceptors (Lipinski definition) is 3. The molecule has 1 saturated heterocycles. The number of nitrogens with two attached hydrogens (primary N) is 1. The van der Waals surface area contributed by atoms with Crippen molar-refractivity contribution in [2.45, 2.75) is 18.9 Å². The number of thioether (sulfide) groups is 1. The predicted octanol–water partition coefficient (Wildman–Crippen LogP) is 3.00. The number of benzene rings is 1. The second-order valence-corrected chi connectivity index (χ2v) is 6.45. The summed E-state index contributed by atoms with van der Waals surface area (Å²) in [4.78, 5) is 0. The third-order valence-electron chi connectivity index (χ3n) is 2.95. The summed E-state index contributed by atoms with van der Waals surface area (Å²) in [5.41, 5.74) is 8.43. The SMILES string of the molecule is Cc1cc(Br)cc(NC2(CN)CCSC2)c1. The topological polar surface area (TPSA) is 38.0 Å². The second kappa shape index (κ2) is 4.98. The van der Waals surface area contributed by atoms with Crippen molar-refractivity contribution >= 4 is 33.4 Å². The number of anilines is 1. The van der Waals surface area contributed by atoms with Gasteiger partial charge in [-0.15, -0.1) is 0 Å². The average molecular weight is 301 g/mol. The van der Waals surface area contributed by atoms with Crippen molar-refractivity contribution in [1.29, 1.82) is 0 Å². The average Bonchev–Trinajstić information content (AvgIpc) is 2.65. The van der Waals surface area contributed by atoms with Crippen molar-refractivity contribution in [2.75, 3.05) is 23.4 Å². The first kappa shape index (κ1) is 12.3. The van der Waals surface area contributed by atoms with Gasteiger partial charge in [0.25, 0.3) is 0 Å². The normalized spacial score (nSPS) is 24.7. The second-order valence-electron chi connectivity index (χ2n) is 4.43. The minimum atomic E-state index is 0.0951. The molecule has 1 aliphatic rings. The maximum atomic E-state index is 5.91. The smallest absolute Gasteiger partial charge is 0.0593 e. The fraction of sp³-hybridized carbons (Fsp3) is 0.500. The van der Waals surface area contributed by atoms with E-state index in [4.69, 9.17) is 5.73 Å². The van der Waals surface area contributed by atoms with E-state index in [2.05, 4.69) is 46.4 Å². The lowest BCUT2D eigenvalue weighted by atomic mass is 9.98. The minimum Gasteiger partial charge on any atom is -0.377 e. The molecule has 0 bridgehead atoms. The molecule has 0 radical (unpaired) electrons. The number of hydrogen-bond donors (Lipinski definition) is 2. The summed E-state index contributed by atoms with van der Waals surface area (Å²) in [6.07, 6.45) is 1.15. The predicted molar refractivity (Wildman–Crippen MR) is 76.2 cm³/mol. The molecule has 0 aromatic heterocycles. The van der Waals surface area contributed by atoms with Gasteiger partial charge < -0.3 is 11.1 Å². The highest BCUT2D eigenvalue weighted by Gasteiger charge is 2.32. The Morgan fingerprint density at radius 2 is 2.31 bits per heavy atom. The molecular weight excluding hydrogens is 284 g/mol. The molecule has 1 aromatic carbocycles. The maximum absolute atomic E-state index is 5.91. The van der Waals surface area contributed by atoms with Gasteiger partial charge in [0, 0.05) is 22.5 Å². The molecule has 4 heteroatoms. The van der Waals surface area contributed by atoms with Gasteiger partial charge in [0.15, 0.2) is 0 Å². The zero-order valence-electron chi connectivity index (χ0n) is 9.42. The third kappa shape index (κ3) is 2.73. The fourth-order valence-corrected chi connectivity index (χ4v) is 4.04. The highest BCUT2D eigenvalue weighted by Crippen LogP contribution is 2.31. The quantitative estimate of drug-likeness (QED) is 0.901. The monoisotopic (exact) mass is 300 g/mol. The standard InChI is InChI=1S/C12H17BrN2S/c1-9-4-10(13)6-11(5-9)15-12(7-14)2-3-16-8-12/h4-6,15H,2-3,7-8,14H2,1H3. The Kier molecular flexibility index (Phi) is 3.82. The van der Waals surface area contributed by atoms with Crippen LogP contribution in [0.15, 0.2) is 22.7 Å². The van der Waals surface area contributed by atoms with E-state index >= 15 is 0 Å². The summed E-state index contributed by atoms with van der Waals surface area (Å²) >= 11 is 5.50. The van der Waals surface area contributed by atoms with E-state index in [0.717, 1.165) is 16.6 Å². The molecule has 16 heavy (non-hydrogen) atoms. The van der Waals surface area contributed by atoms with Crippen LogP contribution in [0.2, 0.25) is 0 Å². The van der Waals surface area contributed by atoms with Crippen LogP contribution in [0, 0.1) is 6.92 Å². The molecular formula is C12H17BrN2S. The lowest BCUT2D eigenvalue weighted by Crippen LogP contribution is -2.45. The summed E-state index contributed by atoms with van der Waals surface area (Å²) in [7, 11) is 0. The summed E-state index contributed by atoms with van der Waals surface area (Å²) in [5, 5.41) is 3.61. The molecule has 1 heterocycles. The van der Waals surface area contributed by atoms with Gasteiger partial charge in [-0.3, -0.25) is 0 Å². The summed E-state index contributed by atoms with van der Waals surface area (Å²) in [5.74, 6) is 2.31.